The molecule has 152 valence electrons. The van der Waals surface area contributed by atoms with Crippen LogP contribution in [0, 0.1) is 6.92 Å². The van der Waals surface area contributed by atoms with Crippen LogP contribution in [0.3, 0.4) is 0 Å². The van der Waals surface area contributed by atoms with E-state index in [-0.39, 0.29) is 5.91 Å². The van der Waals surface area contributed by atoms with E-state index in [4.69, 9.17) is 16.3 Å². The Bertz CT molecular complexity index is 951. The summed E-state index contributed by atoms with van der Waals surface area (Å²) in [4.78, 5) is 15.0. The maximum absolute atomic E-state index is 13.2. The van der Waals surface area contributed by atoms with Gasteiger partial charge in [-0.2, -0.15) is 0 Å². The molecule has 3 rings (SSSR count). The van der Waals surface area contributed by atoms with Gasteiger partial charge in [-0.1, -0.05) is 41.9 Å². The van der Waals surface area contributed by atoms with Crippen molar-refractivity contribution in [1.29, 1.82) is 0 Å². The summed E-state index contributed by atoms with van der Waals surface area (Å²) >= 11 is 6.10. The highest BCUT2D eigenvalue weighted by molar-refractivity contribution is 6.30. The van der Waals surface area contributed by atoms with Gasteiger partial charge >= 0.3 is 0 Å². The quantitative estimate of drug-likeness (QED) is 0.455. The Kier molecular flexibility index (Phi) is 7.50. The standard InChI is InChI=1S/C24H27ClN2O2/c1-19-8-3-4-9-21(19)17-26-13-6-12-23(26)18-27(14-7-15-29-2)24(28)20-10-5-11-22(25)16-20/h3-6,8-13,16H,7,14-15,17-18H2,1-2H3. The maximum Gasteiger partial charge on any atom is 0.254 e. The van der Waals surface area contributed by atoms with Crippen molar-refractivity contribution in [2.24, 2.45) is 0 Å². The average molecular weight is 411 g/mol. The molecule has 0 unspecified atom stereocenters. The molecule has 1 heterocycles. The second-order valence-corrected chi connectivity index (χ2v) is 7.57. The van der Waals surface area contributed by atoms with Gasteiger partial charge in [-0.15, -0.1) is 0 Å². The second kappa shape index (κ2) is 10.3. The summed E-state index contributed by atoms with van der Waals surface area (Å²) in [5, 5.41) is 0.565. The molecule has 0 spiro atoms. The van der Waals surface area contributed by atoms with Gasteiger partial charge in [0.1, 0.15) is 0 Å². The molecule has 0 saturated carbocycles. The number of hydrogen-bond acceptors (Lipinski definition) is 2. The molecule has 1 amide bonds. The molecule has 4 nitrogen and oxygen atoms in total. The highest BCUT2D eigenvalue weighted by Crippen LogP contribution is 2.17. The Morgan fingerprint density at radius 1 is 1.10 bits per heavy atom. The molecule has 2 aromatic carbocycles. The molecule has 0 N–H and O–H groups in total. The summed E-state index contributed by atoms with van der Waals surface area (Å²) in [6.07, 6.45) is 2.85. The third kappa shape index (κ3) is 5.72. The Balaban J connectivity index is 1.80. The van der Waals surface area contributed by atoms with E-state index in [1.807, 2.05) is 23.1 Å². The fraction of sp³-hybridized carbons (Fsp3) is 0.292. The molecule has 0 aliphatic carbocycles. The minimum Gasteiger partial charge on any atom is -0.385 e. The van der Waals surface area contributed by atoms with Gasteiger partial charge in [-0.05, 0) is 54.8 Å². The maximum atomic E-state index is 13.2. The van der Waals surface area contributed by atoms with Crippen molar-refractivity contribution in [3.05, 3.63) is 94.3 Å². The van der Waals surface area contributed by atoms with Crippen molar-refractivity contribution in [2.75, 3.05) is 20.3 Å². The number of ether oxygens (including phenoxy) is 1. The van der Waals surface area contributed by atoms with Crippen molar-refractivity contribution in [1.82, 2.24) is 9.47 Å². The lowest BCUT2D eigenvalue weighted by Gasteiger charge is -2.24. The minimum atomic E-state index is -0.0211. The monoisotopic (exact) mass is 410 g/mol. The van der Waals surface area contributed by atoms with Gasteiger partial charge < -0.3 is 14.2 Å². The fourth-order valence-electron chi connectivity index (χ4n) is 3.37. The number of carbonyl (C=O) groups excluding carboxylic acids is 1. The largest absolute Gasteiger partial charge is 0.385 e. The van der Waals surface area contributed by atoms with Crippen molar-refractivity contribution in [2.45, 2.75) is 26.4 Å². The second-order valence-electron chi connectivity index (χ2n) is 7.14. The summed E-state index contributed by atoms with van der Waals surface area (Å²) in [5.74, 6) is -0.0211. The van der Waals surface area contributed by atoms with Gasteiger partial charge in [0, 0.05) is 49.3 Å². The van der Waals surface area contributed by atoms with Crippen LogP contribution < -0.4 is 0 Å². The third-order valence-electron chi connectivity index (χ3n) is 5.01. The van der Waals surface area contributed by atoms with Gasteiger partial charge in [-0.3, -0.25) is 4.79 Å². The van der Waals surface area contributed by atoms with Crippen LogP contribution >= 0.6 is 11.6 Å². The molecule has 3 aromatic rings. The number of hydrogen-bond donors (Lipinski definition) is 0. The number of nitrogens with zero attached hydrogens (tertiary/aromatic N) is 2. The number of methoxy groups -OCH3 is 1. The molecular weight excluding hydrogens is 384 g/mol. The SMILES string of the molecule is COCCCN(Cc1cccn1Cc1ccccc1C)C(=O)c1cccc(Cl)c1. The first-order chi connectivity index (χ1) is 14.1. The molecule has 5 heteroatoms. The Hall–Kier alpha value is -2.56. The first-order valence-corrected chi connectivity index (χ1v) is 10.2. The highest BCUT2D eigenvalue weighted by Gasteiger charge is 2.18. The first kappa shape index (κ1) is 21.2. The summed E-state index contributed by atoms with van der Waals surface area (Å²) in [7, 11) is 1.68. The number of rotatable bonds is 9. The van der Waals surface area contributed by atoms with Crippen LogP contribution in [0.15, 0.2) is 66.9 Å². The first-order valence-electron chi connectivity index (χ1n) is 9.81. The minimum absolute atomic E-state index is 0.0211. The zero-order valence-corrected chi connectivity index (χ0v) is 17.7. The number of benzene rings is 2. The Morgan fingerprint density at radius 2 is 1.93 bits per heavy atom. The molecule has 0 radical (unpaired) electrons. The van der Waals surface area contributed by atoms with Gasteiger partial charge in [0.25, 0.3) is 5.91 Å². The molecular formula is C24H27ClN2O2. The molecule has 0 atom stereocenters. The third-order valence-corrected chi connectivity index (χ3v) is 5.25. The Labute approximate surface area is 177 Å². The van der Waals surface area contributed by atoms with E-state index >= 15 is 0 Å². The molecule has 0 bridgehead atoms. The van der Waals surface area contributed by atoms with Crippen LogP contribution in [0.4, 0.5) is 0 Å². The van der Waals surface area contributed by atoms with Gasteiger partial charge in [-0.25, -0.2) is 0 Å². The lowest BCUT2D eigenvalue weighted by molar-refractivity contribution is 0.0720. The topological polar surface area (TPSA) is 34.5 Å². The zero-order chi connectivity index (χ0) is 20.6. The lowest BCUT2D eigenvalue weighted by atomic mass is 10.1. The van der Waals surface area contributed by atoms with E-state index in [1.54, 1.807) is 19.2 Å². The lowest BCUT2D eigenvalue weighted by Crippen LogP contribution is -2.33. The van der Waals surface area contributed by atoms with Gasteiger partial charge in [0.2, 0.25) is 0 Å². The molecule has 0 saturated heterocycles. The van der Waals surface area contributed by atoms with Crippen molar-refractivity contribution in [3.63, 3.8) is 0 Å². The van der Waals surface area contributed by atoms with Crippen LogP contribution in [-0.2, 0) is 17.8 Å². The van der Waals surface area contributed by atoms with E-state index in [2.05, 4.69) is 48.0 Å². The fourth-order valence-corrected chi connectivity index (χ4v) is 3.56. The zero-order valence-electron chi connectivity index (χ0n) is 17.0. The van der Waals surface area contributed by atoms with E-state index in [1.165, 1.54) is 11.1 Å². The summed E-state index contributed by atoms with van der Waals surface area (Å²) in [5.41, 5.74) is 4.24. The predicted molar refractivity (Wildman–Crippen MR) is 117 cm³/mol. The number of halogens is 1. The number of aryl methyl sites for hydroxylation is 1. The van der Waals surface area contributed by atoms with Crippen LogP contribution in [0.25, 0.3) is 0 Å². The van der Waals surface area contributed by atoms with Gasteiger partial charge in [0.15, 0.2) is 0 Å². The van der Waals surface area contributed by atoms with Crippen LogP contribution in [0.1, 0.15) is 33.6 Å². The van der Waals surface area contributed by atoms with Crippen molar-refractivity contribution >= 4 is 17.5 Å². The van der Waals surface area contributed by atoms with E-state index in [0.717, 1.165) is 18.7 Å². The molecule has 0 aliphatic heterocycles. The van der Waals surface area contributed by atoms with Crippen molar-refractivity contribution in [3.8, 4) is 0 Å². The number of amides is 1. The summed E-state index contributed by atoms with van der Waals surface area (Å²) in [6, 6.07) is 19.6. The van der Waals surface area contributed by atoms with Crippen LogP contribution in [0.2, 0.25) is 5.02 Å². The summed E-state index contributed by atoms with van der Waals surface area (Å²) < 4.78 is 7.39. The van der Waals surface area contributed by atoms with E-state index in [0.29, 0.717) is 30.3 Å². The van der Waals surface area contributed by atoms with Crippen LogP contribution in [0.5, 0.6) is 0 Å². The van der Waals surface area contributed by atoms with E-state index < -0.39 is 0 Å². The normalized spacial score (nSPS) is 10.9. The average Bonchev–Trinajstić information content (AvgIpc) is 3.15. The number of aromatic nitrogens is 1. The van der Waals surface area contributed by atoms with Gasteiger partial charge in [0.05, 0.1) is 6.54 Å². The molecule has 0 aliphatic rings. The van der Waals surface area contributed by atoms with Crippen molar-refractivity contribution < 1.29 is 9.53 Å². The molecule has 29 heavy (non-hydrogen) atoms. The predicted octanol–water partition coefficient (Wildman–Crippen LogP) is 5.18. The summed E-state index contributed by atoms with van der Waals surface area (Å²) in [6.45, 7) is 4.68. The molecule has 0 fully saturated rings. The Morgan fingerprint density at radius 3 is 2.69 bits per heavy atom. The van der Waals surface area contributed by atoms with Crippen LogP contribution in [-0.4, -0.2) is 35.6 Å². The van der Waals surface area contributed by atoms with E-state index in [9.17, 15) is 4.79 Å². The smallest absolute Gasteiger partial charge is 0.254 e. The number of carbonyl (C=O) groups is 1. The molecule has 1 aromatic heterocycles. The highest BCUT2D eigenvalue weighted by atomic mass is 35.5.